The van der Waals surface area contributed by atoms with Crippen molar-refractivity contribution in [1.82, 2.24) is 14.6 Å². The highest BCUT2D eigenvalue weighted by atomic mass is 32.1. The molecule has 0 aliphatic carbocycles. The molecule has 2 aliphatic heterocycles. The molecule has 0 saturated carbocycles. The van der Waals surface area contributed by atoms with E-state index in [4.69, 9.17) is 5.73 Å². The standard InChI is InChI=1S/C21H22N6OS/c1-12-7-9-26(10-8-12)21-25-27-18(22)16(19(28)24-20(27)29-21)11-15-13(2)23-17-6-4-3-5-14(15)17/h3-6,11-12H,7-10,22H2,1-2H3. The normalized spacial score (nSPS) is 18.5. The van der Waals surface area contributed by atoms with Crippen LogP contribution < -0.4 is 16.2 Å². The fourth-order valence-electron chi connectivity index (χ4n) is 3.90. The Kier molecular flexibility index (Phi) is 4.24. The van der Waals surface area contributed by atoms with Crippen molar-refractivity contribution in [3.05, 3.63) is 45.7 Å². The maximum absolute atomic E-state index is 12.8. The van der Waals surface area contributed by atoms with Crippen LogP contribution in [0, 0.1) is 5.92 Å². The number of fused-ring (bicyclic) bond motifs is 2. The number of nitrogens with two attached hydrogens (primary N) is 1. The summed E-state index contributed by atoms with van der Waals surface area (Å²) in [5.74, 6) is 1.06. The Hall–Kier alpha value is -3.00. The molecule has 148 valence electrons. The Balaban J connectivity index is 1.59. The molecule has 0 radical (unpaired) electrons. The Morgan fingerprint density at radius 3 is 2.79 bits per heavy atom. The molecule has 3 aromatic rings. The smallest absolute Gasteiger partial charge is 0.283 e. The molecule has 1 aromatic carbocycles. The van der Waals surface area contributed by atoms with Gasteiger partial charge in [0, 0.05) is 29.9 Å². The van der Waals surface area contributed by atoms with E-state index >= 15 is 0 Å². The summed E-state index contributed by atoms with van der Waals surface area (Å²) in [6, 6.07) is 7.88. The molecule has 29 heavy (non-hydrogen) atoms. The van der Waals surface area contributed by atoms with Gasteiger partial charge in [0.1, 0.15) is 5.82 Å². The van der Waals surface area contributed by atoms with Crippen LogP contribution in [0.1, 0.15) is 37.8 Å². The number of anilines is 2. The highest BCUT2D eigenvalue weighted by molar-refractivity contribution is 7.20. The maximum atomic E-state index is 12.8. The van der Waals surface area contributed by atoms with Crippen LogP contribution in [0.2, 0.25) is 0 Å². The van der Waals surface area contributed by atoms with E-state index in [2.05, 4.69) is 26.9 Å². The molecule has 2 aliphatic rings. The number of hydrogen-bond acceptors (Lipinski definition) is 7. The lowest BCUT2D eigenvalue weighted by molar-refractivity contribution is 0.437. The van der Waals surface area contributed by atoms with Gasteiger partial charge in [-0.25, -0.2) is 0 Å². The zero-order chi connectivity index (χ0) is 20.1. The van der Waals surface area contributed by atoms with Gasteiger partial charge >= 0.3 is 0 Å². The van der Waals surface area contributed by atoms with Gasteiger partial charge in [-0.3, -0.25) is 9.79 Å². The van der Waals surface area contributed by atoms with E-state index in [1.807, 2.05) is 31.2 Å². The summed E-state index contributed by atoms with van der Waals surface area (Å²) in [5.41, 5.74) is 10.1. The minimum absolute atomic E-state index is 0.317. The maximum Gasteiger partial charge on any atom is 0.283 e. The lowest BCUT2D eigenvalue weighted by Gasteiger charge is -2.29. The third kappa shape index (κ3) is 3.04. The fourth-order valence-corrected chi connectivity index (χ4v) is 4.85. The summed E-state index contributed by atoms with van der Waals surface area (Å²) in [5, 5.41) is 5.54. The molecule has 1 saturated heterocycles. The number of allylic oxidation sites excluding steroid dienone is 1. The summed E-state index contributed by atoms with van der Waals surface area (Å²) < 4.78 is 1.60. The van der Waals surface area contributed by atoms with Crippen LogP contribution in [0.15, 0.2) is 34.1 Å². The minimum Gasteiger partial charge on any atom is -0.383 e. The zero-order valence-electron chi connectivity index (χ0n) is 16.4. The van der Waals surface area contributed by atoms with Crippen molar-refractivity contribution < 1.29 is 0 Å². The van der Waals surface area contributed by atoms with E-state index in [0.717, 1.165) is 59.5 Å². The molecule has 0 bridgehead atoms. The summed E-state index contributed by atoms with van der Waals surface area (Å²) in [7, 11) is 0. The largest absolute Gasteiger partial charge is 0.383 e. The molecule has 0 unspecified atom stereocenters. The van der Waals surface area contributed by atoms with Crippen LogP contribution >= 0.6 is 11.3 Å². The number of aromatic nitrogens is 3. The molecule has 1 fully saturated rings. The first kappa shape index (κ1) is 18.1. The monoisotopic (exact) mass is 406 g/mol. The molecule has 2 N–H and O–H groups in total. The van der Waals surface area contributed by atoms with Gasteiger partial charge in [-0.05, 0) is 37.8 Å². The van der Waals surface area contributed by atoms with E-state index in [-0.39, 0.29) is 5.56 Å². The van der Waals surface area contributed by atoms with Gasteiger partial charge in [0.15, 0.2) is 0 Å². The summed E-state index contributed by atoms with van der Waals surface area (Å²) in [6.07, 6.45) is 4.08. The van der Waals surface area contributed by atoms with Gasteiger partial charge in [0.05, 0.1) is 11.3 Å². The molecule has 2 aromatic heterocycles. The van der Waals surface area contributed by atoms with Crippen LogP contribution in [0.4, 0.5) is 16.6 Å². The van der Waals surface area contributed by atoms with Crippen LogP contribution in [-0.2, 0) is 0 Å². The second-order valence-corrected chi connectivity index (χ2v) is 8.67. The number of rotatable bonds is 2. The molecule has 0 spiro atoms. The highest BCUT2D eigenvalue weighted by Gasteiger charge is 2.22. The molecule has 7 nitrogen and oxygen atoms in total. The fraction of sp³-hybridized carbons (Fsp3) is 0.333. The Morgan fingerprint density at radius 1 is 1.24 bits per heavy atom. The summed E-state index contributed by atoms with van der Waals surface area (Å²) in [6.45, 7) is 6.15. The lowest BCUT2D eigenvalue weighted by atomic mass is 10.00. The average molecular weight is 407 g/mol. The lowest BCUT2D eigenvalue weighted by Crippen LogP contribution is -2.32. The van der Waals surface area contributed by atoms with Gasteiger partial charge in [0.2, 0.25) is 10.1 Å². The number of nitrogen functional groups attached to an aromatic ring is 1. The van der Waals surface area contributed by atoms with Crippen molar-refractivity contribution in [2.24, 2.45) is 10.9 Å². The molecular weight excluding hydrogens is 384 g/mol. The van der Waals surface area contributed by atoms with Crippen molar-refractivity contribution >= 4 is 50.3 Å². The van der Waals surface area contributed by atoms with Gasteiger partial charge < -0.3 is 10.6 Å². The number of nitrogens with zero attached hydrogens (tertiary/aromatic N) is 5. The molecule has 0 amide bonds. The van der Waals surface area contributed by atoms with Crippen molar-refractivity contribution in [3.8, 4) is 0 Å². The first-order valence-corrected chi connectivity index (χ1v) is 10.6. The molecule has 8 heteroatoms. The second kappa shape index (κ2) is 6.81. The minimum atomic E-state index is -0.338. The number of hydrogen-bond donors (Lipinski definition) is 1. The Morgan fingerprint density at radius 2 is 2.00 bits per heavy atom. The number of benzene rings is 1. The van der Waals surface area contributed by atoms with Crippen LogP contribution in [0.3, 0.4) is 0 Å². The van der Waals surface area contributed by atoms with E-state index in [9.17, 15) is 4.79 Å². The van der Waals surface area contributed by atoms with Crippen LogP contribution in [0.25, 0.3) is 16.6 Å². The van der Waals surface area contributed by atoms with E-state index < -0.39 is 0 Å². The van der Waals surface area contributed by atoms with Crippen molar-refractivity contribution in [1.29, 1.82) is 0 Å². The molecule has 5 rings (SSSR count). The molecule has 0 atom stereocenters. The van der Waals surface area contributed by atoms with Crippen molar-refractivity contribution in [2.45, 2.75) is 26.7 Å². The number of piperidine rings is 1. The molecule has 4 heterocycles. The predicted molar refractivity (Wildman–Crippen MR) is 119 cm³/mol. The van der Waals surface area contributed by atoms with Crippen molar-refractivity contribution in [3.63, 3.8) is 0 Å². The topological polar surface area (TPSA) is 88.9 Å². The van der Waals surface area contributed by atoms with Crippen LogP contribution in [0.5, 0.6) is 0 Å². The summed E-state index contributed by atoms with van der Waals surface area (Å²) in [4.78, 5) is 24.4. The number of para-hydroxylation sites is 1. The van der Waals surface area contributed by atoms with Gasteiger partial charge in [0.25, 0.3) is 5.56 Å². The van der Waals surface area contributed by atoms with E-state index in [1.165, 1.54) is 11.3 Å². The van der Waals surface area contributed by atoms with Gasteiger partial charge in [-0.1, -0.05) is 36.5 Å². The quantitative estimate of drug-likeness (QED) is 0.702. The molecular formula is C21H22N6OS. The average Bonchev–Trinajstić information content (AvgIpc) is 3.26. The zero-order valence-corrected chi connectivity index (χ0v) is 17.2. The predicted octanol–water partition coefficient (Wildman–Crippen LogP) is 3.62. The van der Waals surface area contributed by atoms with Crippen molar-refractivity contribution in [2.75, 3.05) is 23.7 Å². The highest BCUT2D eigenvalue weighted by Crippen LogP contribution is 2.36. The third-order valence-electron chi connectivity index (χ3n) is 5.70. The number of aliphatic imine (C=N–C) groups is 1. The first-order valence-electron chi connectivity index (χ1n) is 9.82. The van der Waals surface area contributed by atoms with E-state index in [1.54, 1.807) is 10.6 Å². The first-order chi connectivity index (χ1) is 14.0. The van der Waals surface area contributed by atoms with Crippen LogP contribution in [-0.4, -0.2) is 33.4 Å². The SMILES string of the molecule is CC1=Nc2ccccc2C1=Cc1c(N)n2nc(N3CCC(C)CC3)sc2nc1=O. The van der Waals surface area contributed by atoms with Gasteiger partial charge in [-0.2, -0.15) is 9.50 Å². The Bertz CT molecular complexity index is 1230. The van der Waals surface area contributed by atoms with E-state index in [0.29, 0.717) is 16.3 Å². The van der Waals surface area contributed by atoms with Gasteiger partial charge in [-0.15, -0.1) is 5.10 Å². The third-order valence-corrected chi connectivity index (χ3v) is 6.67. The summed E-state index contributed by atoms with van der Waals surface area (Å²) >= 11 is 1.42. The Labute approximate surface area is 172 Å². The second-order valence-electron chi connectivity index (χ2n) is 7.74.